The summed E-state index contributed by atoms with van der Waals surface area (Å²) in [5.41, 5.74) is 1.01. The third-order valence-corrected chi connectivity index (χ3v) is 1.16. The fraction of sp³-hybridized carbons (Fsp3) is 0.125. The Bertz CT molecular complexity index is 201. The topological polar surface area (TPSA) is 9.23 Å². The average molecular weight is 257 g/mol. The number of methoxy groups -OCH3 is 1. The minimum atomic E-state index is -0.931. The summed E-state index contributed by atoms with van der Waals surface area (Å²) >= 11 is -0.931. The second-order valence-electron chi connectivity index (χ2n) is 1.95. The molecule has 63 valence electrons. The van der Waals surface area contributed by atoms with Gasteiger partial charge < -0.3 is 4.74 Å². The van der Waals surface area contributed by atoms with Gasteiger partial charge in [-0.05, 0) is 24.6 Å². The Morgan fingerprint density at radius 3 is 2.00 bits per heavy atom. The first-order valence-electron chi connectivity index (χ1n) is 3.32. The first-order chi connectivity index (χ1) is 5.74. The molecule has 0 atom stereocenters. The quantitative estimate of drug-likeness (QED) is 0.702. The SMILES string of the molecule is [CH2]c1ccc(OC)cc1.[Cl][Zn][Cl]. The van der Waals surface area contributed by atoms with E-state index >= 15 is 0 Å². The molecule has 12 heavy (non-hydrogen) atoms. The molecule has 0 fully saturated rings. The number of benzene rings is 1. The Morgan fingerprint density at radius 1 is 1.25 bits per heavy atom. The van der Waals surface area contributed by atoms with E-state index in [0.717, 1.165) is 11.3 Å². The predicted molar refractivity (Wildman–Crippen MR) is 49.2 cm³/mol. The number of ether oxygens (including phenoxy) is 1. The summed E-state index contributed by atoms with van der Waals surface area (Å²) in [7, 11) is 11.6. The molecule has 0 aliphatic heterocycles. The van der Waals surface area contributed by atoms with Crippen LogP contribution in [0.1, 0.15) is 5.56 Å². The van der Waals surface area contributed by atoms with Crippen LogP contribution in [0.4, 0.5) is 0 Å². The molecular weight excluding hydrogens is 248 g/mol. The Hall–Kier alpha value is 0.223. The van der Waals surface area contributed by atoms with Crippen molar-refractivity contribution in [2.75, 3.05) is 7.11 Å². The summed E-state index contributed by atoms with van der Waals surface area (Å²) in [6, 6.07) is 7.61. The zero-order valence-corrected chi connectivity index (χ0v) is 11.4. The molecule has 4 heteroatoms. The molecule has 1 aromatic carbocycles. The maximum absolute atomic E-state index is 4.95. The fourth-order valence-corrected chi connectivity index (χ4v) is 0.626. The Morgan fingerprint density at radius 2 is 1.67 bits per heavy atom. The van der Waals surface area contributed by atoms with E-state index in [0.29, 0.717) is 0 Å². The van der Waals surface area contributed by atoms with Crippen LogP contribution in [0.15, 0.2) is 24.3 Å². The van der Waals surface area contributed by atoms with Crippen molar-refractivity contribution in [3.05, 3.63) is 36.8 Å². The van der Waals surface area contributed by atoms with Crippen LogP contribution in [-0.4, -0.2) is 7.11 Å². The monoisotopic (exact) mass is 255 g/mol. The second kappa shape index (κ2) is 7.85. The average Bonchev–Trinajstić information content (AvgIpc) is 2.07. The van der Waals surface area contributed by atoms with Crippen molar-refractivity contribution in [2.45, 2.75) is 0 Å². The van der Waals surface area contributed by atoms with Gasteiger partial charge in [-0.15, -0.1) is 0 Å². The van der Waals surface area contributed by atoms with Gasteiger partial charge in [-0.1, -0.05) is 12.1 Å². The number of hydrogen-bond donors (Lipinski definition) is 0. The summed E-state index contributed by atoms with van der Waals surface area (Å²) in [4.78, 5) is 0. The van der Waals surface area contributed by atoms with Crippen LogP contribution in [0, 0.1) is 6.92 Å². The van der Waals surface area contributed by atoms with Crippen molar-refractivity contribution < 1.29 is 19.9 Å². The zero-order chi connectivity index (χ0) is 9.40. The van der Waals surface area contributed by atoms with Crippen LogP contribution >= 0.6 is 19.4 Å². The van der Waals surface area contributed by atoms with Gasteiger partial charge >= 0.3 is 34.5 Å². The molecule has 0 heterocycles. The van der Waals surface area contributed by atoms with E-state index in [1.165, 1.54) is 0 Å². The molecule has 1 rings (SSSR count). The molecular formula is C8H9Cl2OZn. The van der Waals surface area contributed by atoms with E-state index in [9.17, 15) is 0 Å². The van der Waals surface area contributed by atoms with E-state index in [4.69, 9.17) is 24.1 Å². The van der Waals surface area contributed by atoms with E-state index < -0.39 is 15.1 Å². The van der Waals surface area contributed by atoms with Gasteiger partial charge in [0, 0.05) is 0 Å². The molecule has 0 spiro atoms. The van der Waals surface area contributed by atoms with Crippen molar-refractivity contribution in [3.8, 4) is 5.75 Å². The van der Waals surface area contributed by atoms with Gasteiger partial charge in [-0.3, -0.25) is 0 Å². The van der Waals surface area contributed by atoms with Crippen molar-refractivity contribution >= 4 is 19.4 Å². The molecule has 0 saturated heterocycles. The van der Waals surface area contributed by atoms with Crippen molar-refractivity contribution in [1.29, 1.82) is 0 Å². The van der Waals surface area contributed by atoms with Crippen LogP contribution in [0.2, 0.25) is 0 Å². The van der Waals surface area contributed by atoms with Gasteiger partial charge in [0.15, 0.2) is 0 Å². The van der Waals surface area contributed by atoms with Gasteiger partial charge in [-0.2, -0.15) is 0 Å². The molecule has 1 radical (unpaired) electrons. The maximum atomic E-state index is 4.95. The third kappa shape index (κ3) is 5.82. The Kier molecular flexibility index (Phi) is 8.00. The molecule has 0 aromatic heterocycles. The van der Waals surface area contributed by atoms with Crippen molar-refractivity contribution in [1.82, 2.24) is 0 Å². The van der Waals surface area contributed by atoms with Crippen LogP contribution in [0.3, 0.4) is 0 Å². The summed E-state index contributed by atoms with van der Waals surface area (Å²) in [5.74, 6) is 0.877. The molecule has 1 nitrogen and oxygen atoms in total. The summed E-state index contributed by atoms with van der Waals surface area (Å²) in [6.07, 6.45) is 0. The molecule has 0 amide bonds. The third-order valence-electron chi connectivity index (χ3n) is 1.16. The first-order valence-corrected chi connectivity index (χ1v) is 11.1. The number of rotatable bonds is 1. The molecule has 0 N–H and O–H groups in total. The Balaban J connectivity index is 0.000000354. The minimum absolute atomic E-state index is 0.877. The number of hydrogen-bond acceptors (Lipinski definition) is 1. The molecule has 0 aliphatic carbocycles. The van der Waals surface area contributed by atoms with E-state index in [-0.39, 0.29) is 0 Å². The van der Waals surface area contributed by atoms with Crippen LogP contribution in [0.5, 0.6) is 5.75 Å². The van der Waals surface area contributed by atoms with Gasteiger partial charge in [-0.25, -0.2) is 0 Å². The van der Waals surface area contributed by atoms with E-state index in [1.54, 1.807) is 7.11 Å². The van der Waals surface area contributed by atoms with Crippen LogP contribution in [0.25, 0.3) is 0 Å². The van der Waals surface area contributed by atoms with Gasteiger partial charge in [0.2, 0.25) is 0 Å². The molecule has 0 unspecified atom stereocenters. The van der Waals surface area contributed by atoms with Crippen LogP contribution in [-0.2, 0) is 15.1 Å². The summed E-state index contributed by atoms with van der Waals surface area (Å²) in [5, 5.41) is 0. The molecule has 0 saturated carbocycles. The van der Waals surface area contributed by atoms with Gasteiger partial charge in [0.25, 0.3) is 0 Å². The molecule has 0 aliphatic rings. The standard InChI is InChI=1S/C8H9O.2ClH.Zn/c1-7-3-5-8(9-2)6-4-7;;;/h3-6H,1H2,2H3;2*1H;/q;;;+2/p-2. The molecule has 1 aromatic rings. The predicted octanol–water partition coefficient (Wildman–Crippen LogP) is 3.25. The normalized spacial score (nSPS) is 7.67. The molecule has 0 bridgehead atoms. The zero-order valence-electron chi connectivity index (χ0n) is 6.89. The van der Waals surface area contributed by atoms with Crippen molar-refractivity contribution in [3.63, 3.8) is 0 Å². The van der Waals surface area contributed by atoms with E-state index in [1.807, 2.05) is 24.3 Å². The number of halogens is 2. The van der Waals surface area contributed by atoms with Crippen LogP contribution < -0.4 is 4.74 Å². The Labute approximate surface area is 88.7 Å². The fourth-order valence-electron chi connectivity index (χ4n) is 0.626. The van der Waals surface area contributed by atoms with E-state index in [2.05, 4.69) is 6.92 Å². The van der Waals surface area contributed by atoms with Gasteiger partial charge in [0.05, 0.1) is 7.11 Å². The summed E-state index contributed by atoms with van der Waals surface area (Å²) in [6.45, 7) is 3.74. The summed E-state index contributed by atoms with van der Waals surface area (Å²) < 4.78 is 4.94. The first kappa shape index (κ1) is 12.2. The second-order valence-corrected chi connectivity index (χ2v) is 6.57. The van der Waals surface area contributed by atoms with Crippen molar-refractivity contribution in [2.24, 2.45) is 0 Å². The van der Waals surface area contributed by atoms with Gasteiger partial charge in [0.1, 0.15) is 5.75 Å².